The van der Waals surface area contributed by atoms with E-state index in [1.807, 2.05) is 13.8 Å². The molecule has 0 bridgehead atoms. The Kier molecular flexibility index (Phi) is 27.1. The predicted octanol–water partition coefficient (Wildman–Crippen LogP) is 1.40. The van der Waals surface area contributed by atoms with Gasteiger partial charge in [0.1, 0.15) is 10.1 Å². The second kappa shape index (κ2) is 21.9. The topological polar surface area (TPSA) is 145 Å². The number of hydrogen-bond donors (Lipinski definition) is 1. The molecular weight excluding hydrogens is 457 g/mol. The van der Waals surface area contributed by atoms with E-state index >= 15 is 0 Å². The van der Waals surface area contributed by atoms with Crippen LogP contribution in [0.3, 0.4) is 0 Å². The molecule has 0 rings (SSSR count). The molecule has 3 N–H and O–H groups in total. The molecule has 31 heavy (non-hydrogen) atoms. The van der Waals surface area contributed by atoms with Crippen molar-refractivity contribution in [1.82, 2.24) is 6.15 Å². The van der Waals surface area contributed by atoms with Crippen LogP contribution in [0.15, 0.2) is 0 Å². The molecule has 0 radical (unpaired) electrons. The number of carbonyl (C=O) groups is 2. The molecule has 0 aliphatic rings. The molecule has 0 aromatic heterocycles. The summed E-state index contributed by atoms with van der Waals surface area (Å²) in [5.41, 5.74) is 0. The van der Waals surface area contributed by atoms with Crippen LogP contribution in [0.2, 0.25) is 0 Å². The fraction of sp³-hybridized carbons (Fsp3) is 0.900. The third-order valence-corrected chi connectivity index (χ3v) is 6.05. The Balaban J connectivity index is -0.00000121. The van der Waals surface area contributed by atoms with E-state index < -0.39 is 33.7 Å². The normalized spacial score (nSPS) is 13.5. The first kappa shape index (κ1) is 38.4. The molecule has 0 spiro atoms. The predicted molar refractivity (Wildman–Crippen MR) is 119 cm³/mol. The largest absolute Gasteiger partial charge is 1.00 e. The van der Waals surface area contributed by atoms with Crippen molar-refractivity contribution in [3.8, 4) is 0 Å². The van der Waals surface area contributed by atoms with Gasteiger partial charge in [-0.25, -0.2) is 8.42 Å². The van der Waals surface area contributed by atoms with Crippen LogP contribution in [-0.4, -0.2) is 43.4 Å². The van der Waals surface area contributed by atoms with Gasteiger partial charge in [0.15, 0.2) is 5.25 Å². The number of unbranched alkanes of at least 4 members (excludes halogenated alkanes) is 2. The summed E-state index contributed by atoms with van der Waals surface area (Å²) in [6.45, 7) is 8.26. The third-order valence-electron chi connectivity index (χ3n) is 4.99. The Hall–Kier alpha value is 0.1000. The minimum Gasteiger partial charge on any atom is -0.747 e. The Labute approximate surface area is 217 Å². The summed E-state index contributed by atoms with van der Waals surface area (Å²) in [5.74, 6) is -1.74. The van der Waals surface area contributed by atoms with E-state index in [2.05, 4.69) is 13.8 Å². The van der Waals surface area contributed by atoms with Crippen LogP contribution in [0.25, 0.3) is 0 Å². The second-order valence-electron chi connectivity index (χ2n) is 7.33. The van der Waals surface area contributed by atoms with Gasteiger partial charge in [-0.1, -0.05) is 66.2 Å². The average Bonchev–Trinajstić information content (AvgIpc) is 2.65. The smallest absolute Gasteiger partial charge is 0.747 e. The summed E-state index contributed by atoms with van der Waals surface area (Å²) in [6, 6.07) is 0. The van der Waals surface area contributed by atoms with Gasteiger partial charge in [-0.15, -0.1) is 12.4 Å². The van der Waals surface area contributed by atoms with Crippen LogP contribution < -0.4 is 35.7 Å². The van der Waals surface area contributed by atoms with Gasteiger partial charge >= 0.3 is 41.5 Å². The average molecular weight is 498 g/mol. The number of hydrogen-bond acceptors (Lipinski definition) is 8. The minimum atomic E-state index is -5.01. The molecule has 0 aromatic carbocycles. The Bertz CT molecular complexity index is 564. The number of halogens is 1. The van der Waals surface area contributed by atoms with Crippen molar-refractivity contribution in [2.24, 2.45) is 11.8 Å². The van der Waals surface area contributed by atoms with Crippen LogP contribution in [-0.2, 0) is 29.2 Å². The summed E-state index contributed by atoms with van der Waals surface area (Å²) in [6.07, 6.45) is 6.58. The van der Waals surface area contributed by atoms with Gasteiger partial charge in [-0.05, 0) is 24.7 Å². The van der Waals surface area contributed by atoms with E-state index in [-0.39, 0.29) is 73.2 Å². The van der Waals surface area contributed by atoms with Crippen molar-refractivity contribution in [2.75, 3.05) is 13.2 Å². The number of carbonyl (C=O) groups excluding carboxylic acids is 2. The number of esters is 2. The van der Waals surface area contributed by atoms with Crippen LogP contribution in [0, 0.1) is 11.8 Å². The fourth-order valence-electron chi connectivity index (χ4n) is 2.81. The van der Waals surface area contributed by atoms with Crippen LogP contribution >= 0.6 is 12.4 Å². The molecule has 182 valence electrons. The van der Waals surface area contributed by atoms with Crippen molar-refractivity contribution in [3.05, 3.63) is 0 Å². The molecule has 0 saturated carbocycles. The zero-order chi connectivity index (χ0) is 21.6. The Morgan fingerprint density at radius 1 is 0.871 bits per heavy atom. The van der Waals surface area contributed by atoms with Crippen LogP contribution in [0.4, 0.5) is 0 Å². The number of ether oxygens (including phenoxy) is 2. The van der Waals surface area contributed by atoms with E-state index in [0.717, 1.165) is 51.4 Å². The van der Waals surface area contributed by atoms with Crippen molar-refractivity contribution >= 4 is 34.5 Å². The molecule has 0 aromatic rings. The van der Waals surface area contributed by atoms with Gasteiger partial charge in [0.05, 0.1) is 19.6 Å². The standard InChI is InChI=1S/C20H38O7S.ClH.H3N.Na/c1-5-9-11-16(7-3)14-26-19(21)13-18(28(23,24)25)20(22)27-15-17(8-4)12-10-6-2;;;/h16-18H,5-15H2,1-4H3,(H,23,24,25);1H;1H3;/q;;;+1/p-1. The summed E-state index contributed by atoms with van der Waals surface area (Å²) < 4.78 is 44.6. The van der Waals surface area contributed by atoms with Gasteiger partial charge in [0.25, 0.3) is 0 Å². The first-order valence-corrected chi connectivity index (χ1v) is 11.9. The first-order chi connectivity index (χ1) is 13.2. The van der Waals surface area contributed by atoms with Gasteiger partial charge in [0.2, 0.25) is 0 Å². The van der Waals surface area contributed by atoms with Crippen molar-refractivity contribution in [1.29, 1.82) is 0 Å². The quantitative estimate of drug-likeness (QED) is 0.191. The number of rotatable bonds is 16. The van der Waals surface area contributed by atoms with E-state index in [1.54, 1.807) is 0 Å². The van der Waals surface area contributed by atoms with Gasteiger partial charge in [-0.3, -0.25) is 9.59 Å². The molecule has 0 fully saturated rings. The maximum Gasteiger partial charge on any atom is 1.00 e. The Morgan fingerprint density at radius 2 is 1.29 bits per heavy atom. The van der Waals surface area contributed by atoms with E-state index in [4.69, 9.17) is 9.47 Å². The summed E-state index contributed by atoms with van der Waals surface area (Å²) >= 11 is 0. The monoisotopic (exact) mass is 497 g/mol. The third kappa shape index (κ3) is 18.2. The summed E-state index contributed by atoms with van der Waals surface area (Å²) in [4.78, 5) is 24.1. The van der Waals surface area contributed by atoms with Crippen LogP contribution in [0.1, 0.15) is 85.5 Å². The Morgan fingerprint density at radius 3 is 1.65 bits per heavy atom. The van der Waals surface area contributed by atoms with Gasteiger partial charge in [-0.2, -0.15) is 0 Å². The maximum absolute atomic E-state index is 12.1. The molecule has 0 amide bonds. The molecule has 11 heteroatoms. The first-order valence-electron chi connectivity index (χ1n) is 10.5. The zero-order valence-electron chi connectivity index (χ0n) is 19.9. The zero-order valence-corrected chi connectivity index (χ0v) is 23.5. The molecule has 0 aliphatic heterocycles. The molecular formula is C20H41ClNNaO7S. The molecule has 0 aliphatic carbocycles. The minimum absolute atomic E-state index is 0. The molecule has 8 nitrogen and oxygen atoms in total. The molecule has 0 heterocycles. The van der Waals surface area contributed by atoms with E-state index in [1.165, 1.54) is 0 Å². The van der Waals surface area contributed by atoms with Crippen molar-refractivity contribution in [2.45, 2.75) is 90.7 Å². The van der Waals surface area contributed by atoms with E-state index in [0.29, 0.717) is 0 Å². The fourth-order valence-corrected chi connectivity index (χ4v) is 3.46. The second-order valence-corrected chi connectivity index (χ2v) is 8.89. The van der Waals surface area contributed by atoms with Gasteiger partial charge in [0, 0.05) is 0 Å². The maximum atomic E-state index is 12.1. The summed E-state index contributed by atoms with van der Waals surface area (Å²) in [7, 11) is -5.01. The van der Waals surface area contributed by atoms with E-state index in [9.17, 15) is 22.6 Å². The van der Waals surface area contributed by atoms with Crippen molar-refractivity contribution in [3.63, 3.8) is 0 Å². The molecule has 3 unspecified atom stereocenters. The SMILES string of the molecule is CCCCC(CC)COC(=O)CC(C(=O)OCC(CC)CCCC)S(=O)(=O)[O-].Cl.N.[Na+]. The molecule has 3 atom stereocenters. The van der Waals surface area contributed by atoms with Crippen LogP contribution in [0.5, 0.6) is 0 Å². The summed E-state index contributed by atoms with van der Waals surface area (Å²) in [5, 5.41) is -2.06. The van der Waals surface area contributed by atoms with Gasteiger partial charge < -0.3 is 20.2 Å². The molecule has 0 saturated heterocycles. The van der Waals surface area contributed by atoms with Crippen molar-refractivity contribution < 1.29 is 61.6 Å².